The molecule has 4 N–H and O–H groups in total. The Balaban J connectivity index is 1.58. The number of aromatic nitrogens is 4. The third-order valence-corrected chi connectivity index (χ3v) is 6.65. The second kappa shape index (κ2) is 12.0. The van der Waals surface area contributed by atoms with Crippen molar-refractivity contribution in [2.24, 2.45) is 5.92 Å². The van der Waals surface area contributed by atoms with E-state index in [4.69, 9.17) is 19.5 Å². The smallest absolute Gasteiger partial charge is 0.280 e. The number of thioether (sulfide) groups is 1. The van der Waals surface area contributed by atoms with Gasteiger partial charge in [0.25, 0.3) is 14.1 Å². The number of nitrogens with one attached hydrogen (secondary N) is 2. The van der Waals surface area contributed by atoms with Crippen LogP contribution in [0, 0.1) is 5.92 Å². The Morgan fingerprint density at radius 2 is 2.31 bits per heavy atom. The molecule has 12 nitrogen and oxygen atoms in total. The van der Waals surface area contributed by atoms with Crippen molar-refractivity contribution < 1.29 is 18.6 Å². The lowest BCUT2D eigenvalue weighted by molar-refractivity contribution is -0.0257. The number of ether oxygens (including phenoxy) is 1. The number of carbonyl (C=O) groups is 1. The summed E-state index contributed by atoms with van der Waals surface area (Å²) in [5, 5.41) is 3.29. The summed E-state index contributed by atoms with van der Waals surface area (Å²) in [7, 11) is 2.68. The molecule has 0 aromatic carbocycles. The molecule has 4 unspecified atom stereocenters. The second-order valence-electron chi connectivity index (χ2n) is 7.70. The zero-order valence-electron chi connectivity index (χ0n) is 18.4. The Morgan fingerprint density at radius 3 is 3.06 bits per heavy atom. The third kappa shape index (κ3) is 6.70. The van der Waals surface area contributed by atoms with E-state index >= 15 is 0 Å². The Hall–Kier alpha value is -1.60. The first kappa shape index (κ1) is 25.0. The quantitative estimate of drug-likeness (QED) is 0.211. The summed E-state index contributed by atoms with van der Waals surface area (Å²) in [6.07, 6.45) is 1.84. The first-order valence-electron chi connectivity index (χ1n) is 10.3. The molecule has 1 aliphatic rings. The van der Waals surface area contributed by atoms with Gasteiger partial charge in [0.2, 0.25) is 5.95 Å². The van der Waals surface area contributed by atoms with Crippen LogP contribution in [0.3, 0.4) is 0 Å². The summed E-state index contributed by atoms with van der Waals surface area (Å²) in [4.78, 5) is 35.4. The van der Waals surface area contributed by atoms with Gasteiger partial charge in [-0.2, -0.15) is 4.98 Å². The number of hydrogen-bond acceptors (Lipinski definition) is 11. The van der Waals surface area contributed by atoms with Crippen molar-refractivity contribution in [1.29, 1.82) is 0 Å². The summed E-state index contributed by atoms with van der Waals surface area (Å²) in [6.45, 7) is 4.39. The fourth-order valence-corrected chi connectivity index (χ4v) is 4.85. The van der Waals surface area contributed by atoms with Gasteiger partial charge in [-0.3, -0.25) is 19.1 Å². The molecule has 3 heterocycles. The average Bonchev–Trinajstić information content (AvgIpc) is 3.31. The molecule has 0 radical (unpaired) electrons. The van der Waals surface area contributed by atoms with Crippen molar-refractivity contribution >= 4 is 43.0 Å². The summed E-state index contributed by atoms with van der Waals surface area (Å²) in [6, 6.07) is 0. The Kier molecular flexibility index (Phi) is 9.41. The third-order valence-electron chi connectivity index (χ3n) is 4.83. The van der Waals surface area contributed by atoms with Crippen LogP contribution in [0.25, 0.3) is 11.2 Å². The van der Waals surface area contributed by atoms with Gasteiger partial charge in [0, 0.05) is 24.8 Å². The van der Waals surface area contributed by atoms with E-state index in [-0.39, 0.29) is 35.3 Å². The fraction of sp³-hybridized carbons (Fsp3) is 0.667. The van der Waals surface area contributed by atoms with Crippen molar-refractivity contribution in [3.05, 3.63) is 16.7 Å². The van der Waals surface area contributed by atoms with Crippen molar-refractivity contribution in [2.45, 2.75) is 25.7 Å². The second-order valence-corrected chi connectivity index (χ2v) is 9.98. The predicted molar refractivity (Wildman–Crippen MR) is 125 cm³/mol. The summed E-state index contributed by atoms with van der Waals surface area (Å²) >= 11 is 1.16. The van der Waals surface area contributed by atoms with Crippen LogP contribution in [-0.2, 0) is 18.6 Å². The SMILES string of the molecule is CC1CC(COP(NCCN(C)C)OCCSC=O)OC1n1cnc2c(=O)[nH]c(N)nc21. The highest BCUT2D eigenvalue weighted by Gasteiger charge is 2.35. The number of aromatic amines is 1. The first-order valence-corrected chi connectivity index (χ1v) is 12.5. The van der Waals surface area contributed by atoms with Gasteiger partial charge < -0.3 is 24.4 Å². The lowest BCUT2D eigenvalue weighted by atomic mass is 10.1. The number of nitrogens with zero attached hydrogens (tertiary/aromatic N) is 4. The van der Waals surface area contributed by atoms with Crippen molar-refractivity contribution in [1.82, 2.24) is 29.5 Å². The molecule has 4 atom stereocenters. The van der Waals surface area contributed by atoms with Gasteiger partial charge >= 0.3 is 0 Å². The maximum absolute atomic E-state index is 12.1. The zero-order valence-corrected chi connectivity index (χ0v) is 20.1. The van der Waals surface area contributed by atoms with E-state index in [1.54, 1.807) is 10.9 Å². The van der Waals surface area contributed by atoms with E-state index in [2.05, 4.69) is 31.9 Å². The standard InChI is InChI=1S/C18H30N7O5PS/c1-12-8-13(9-29-31(21-4-5-24(2)3)28-6-7-32-11-26)30-17(12)25-10-20-14-15(25)22-18(19)23-16(14)27/h10-13,17,21H,4-9H2,1-3H3,(H3,19,22,23,27). The Morgan fingerprint density at radius 1 is 1.50 bits per heavy atom. The minimum atomic E-state index is -1.31. The lowest BCUT2D eigenvalue weighted by Crippen LogP contribution is -2.26. The van der Waals surface area contributed by atoms with E-state index < -0.39 is 8.53 Å². The van der Waals surface area contributed by atoms with Gasteiger partial charge in [0.1, 0.15) is 6.23 Å². The van der Waals surface area contributed by atoms with Crippen molar-refractivity contribution in [3.8, 4) is 0 Å². The van der Waals surface area contributed by atoms with Crippen LogP contribution in [0.2, 0.25) is 0 Å². The molecular formula is C18H30N7O5PS. The number of anilines is 1. The summed E-state index contributed by atoms with van der Waals surface area (Å²) in [5.41, 5.74) is 6.75. The highest BCUT2D eigenvalue weighted by Crippen LogP contribution is 2.39. The molecular weight excluding hydrogens is 457 g/mol. The predicted octanol–water partition coefficient (Wildman–Crippen LogP) is 0.960. The van der Waals surface area contributed by atoms with Crippen LogP contribution in [-0.4, -0.2) is 82.3 Å². The van der Waals surface area contributed by atoms with Crippen LogP contribution in [0.15, 0.2) is 11.1 Å². The van der Waals surface area contributed by atoms with Gasteiger partial charge in [-0.25, -0.2) is 10.1 Å². The molecule has 178 valence electrons. The molecule has 2 aromatic rings. The fourth-order valence-electron chi connectivity index (χ4n) is 3.35. The van der Waals surface area contributed by atoms with E-state index in [1.807, 2.05) is 14.1 Å². The molecule has 2 aromatic heterocycles. The number of carbonyl (C=O) groups excluding carboxylic acids is 1. The Bertz CT molecular complexity index is 942. The van der Waals surface area contributed by atoms with Gasteiger partial charge in [-0.15, -0.1) is 0 Å². The first-order chi connectivity index (χ1) is 15.4. The monoisotopic (exact) mass is 487 g/mol. The minimum absolute atomic E-state index is 0.0362. The molecule has 14 heteroatoms. The van der Waals surface area contributed by atoms with Crippen LogP contribution >= 0.6 is 20.3 Å². The molecule has 0 spiro atoms. The largest absolute Gasteiger partial charge is 0.369 e. The number of rotatable bonds is 13. The number of nitrogens with two attached hydrogens (primary N) is 1. The molecule has 0 aliphatic carbocycles. The number of H-pyrrole nitrogens is 1. The van der Waals surface area contributed by atoms with Crippen LogP contribution in [0.5, 0.6) is 0 Å². The summed E-state index contributed by atoms with van der Waals surface area (Å²) < 4.78 is 19.8. The van der Waals surface area contributed by atoms with Crippen molar-refractivity contribution in [2.75, 3.05) is 51.9 Å². The van der Waals surface area contributed by atoms with Crippen LogP contribution in [0.4, 0.5) is 5.95 Å². The van der Waals surface area contributed by atoms with Gasteiger partial charge in [0.05, 0.1) is 25.6 Å². The molecule has 0 amide bonds. The Labute approximate surface area is 191 Å². The zero-order chi connectivity index (χ0) is 23.1. The van der Waals surface area contributed by atoms with E-state index in [1.165, 1.54) is 0 Å². The molecule has 1 saturated heterocycles. The van der Waals surface area contributed by atoms with E-state index in [9.17, 15) is 9.59 Å². The molecule has 32 heavy (non-hydrogen) atoms. The number of imidazole rings is 1. The maximum Gasteiger partial charge on any atom is 0.280 e. The molecule has 1 aliphatic heterocycles. The highest BCUT2D eigenvalue weighted by atomic mass is 32.2. The topological polar surface area (TPSA) is 150 Å². The summed E-state index contributed by atoms with van der Waals surface area (Å²) in [5.74, 6) is 0.763. The highest BCUT2D eigenvalue weighted by molar-refractivity contribution is 8.11. The van der Waals surface area contributed by atoms with Crippen LogP contribution in [0.1, 0.15) is 19.6 Å². The number of hydrogen-bond donors (Lipinski definition) is 3. The molecule has 1 fully saturated rings. The normalized spacial score (nSPS) is 22.1. The maximum atomic E-state index is 12.1. The van der Waals surface area contributed by atoms with E-state index in [0.29, 0.717) is 31.2 Å². The number of likely N-dealkylation sites (N-methyl/N-ethyl adjacent to an activating group) is 1. The van der Waals surface area contributed by atoms with Crippen molar-refractivity contribution in [3.63, 3.8) is 0 Å². The number of nitrogen functional groups attached to an aromatic ring is 1. The number of fused-ring (bicyclic) bond motifs is 1. The van der Waals surface area contributed by atoms with E-state index in [0.717, 1.165) is 30.3 Å². The molecule has 0 saturated carbocycles. The van der Waals surface area contributed by atoms with Crippen LogP contribution < -0.4 is 16.4 Å². The van der Waals surface area contributed by atoms with Gasteiger partial charge in [-0.05, 0) is 20.5 Å². The molecule has 3 rings (SSSR count). The lowest BCUT2D eigenvalue weighted by Gasteiger charge is -2.21. The van der Waals surface area contributed by atoms with Gasteiger partial charge in [-0.1, -0.05) is 18.7 Å². The van der Waals surface area contributed by atoms with Gasteiger partial charge in [0.15, 0.2) is 16.8 Å². The average molecular weight is 488 g/mol. The molecule has 0 bridgehead atoms. The minimum Gasteiger partial charge on any atom is -0.369 e.